The lowest BCUT2D eigenvalue weighted by molar-refractivity contribution is 0.0946. The smallest absolute Gasteiger partial charge is 0.270 e. The molecule has 0 bridgehead atoms. The molecule has 1 N–H and O–H groups in total. The third-order valence-electron chi connectivity index (χ3n) is 3.50. The van der Waals surface area contributed by atoms with Crippen molar-refractivity contribution in [3.05, 3.63) is 71.7 Å². The van der Waals surface area contributed by atoms with Gasteiger partial charge in [0, 0.05) is 11.9 Å². The number of rotatable bonds is 4. The number of amides is 1. The predicted molar refractivity (Wildman–Crippen MR) is 85.9 cm³/mol. The maximum Gasteiger partial charge on any atom is 0.270 e. The number of hydrogen-bond donors (Lipinski definition) is 1. The van der Waals surface area contributed by atoms with E-state index in [1.165, 1.54) is 12.1 Å². The van der Waals surface area contributed by atoms with Gasteiger partial charge >= 0.3 is 0 Å². The van der Waals surface area contributed by atoms with Gasteiger partial charge in [-0.2, -0.15) is 0 Å². The molecule has 0 spiro atoms. The monoisotopic (exact) mass is 310 g/mol. The second-order valence-electron chi connectivity index (χ2n) is 5.06. The predicted octanol–water partition coefficient (Wildman–Crippen LogP) is 3.31. The summed E-state index contributed by atoms with van der Waals surface area (Å²) in [5.74, 6) is 0.173. The van der Waals surface area contributed by atoms with Crippen LogP contribution in [0.4, 0.5) is 4.39 Å². The molecule has 0 aliphatic rings. The number of pyridine rings is 1. The molecule has 1 heterocycles. The van der Waals surface area contributed by atoms with Crippen LogP contribution in [0.3, 0.4) is 0 Å². The van der Waals surface area contributed by atoms with Crippen molar-refractivity contribution in [3.8, 4) is 5.75 Å². The van der Waals surface area contributed by atoms with E-state index in [4.69, 9.17) is 4.74 Å². The summed E-state index contributed by atoms with van der Waals surface area (Å²) >= 11 is 0. The Labute approximate surface area is 132 Å². The second-order valence-corrected chi connectivity index (χ2v) is 5.06. The summed E-state index contributed by atoms with van der Waals surface area (Å²) in [6.45, 7) is 0.321. The van der Waals surface area contributed by atoms with Crippen LogP contribution < -0.4 is 10.1 Å². The number of methoxy groups -OCH3 is 1. The molecule has 4 nitrogen and oxygen atoms in total. The molecule has 0 saturated carbocycles. The average Bonchev–Trinajstić information content (AvgIpc) is 2.60. The highest BCUT2D eigenvalue weighted by Crippen LogP contribution is 2.19. The van der Waals surface area contributed by atoms with E-state index in [9.17, 15) is 9.18 Å². The molecule has 3 rings (SSSR count). The van der Waals surface area contributed by atoms with Gasteiger partial charge in [-0.1, -0.05) is 18.2 Å². The average molecular weight is 310 g/mol. The highest BCUT2D eigenvalue weighted by atomic mass is 19.1. The quantitative estimate of drug-likeness (QED) is 0.804. The van der Waals surface area contributed by atoms with Gasteiger partial charge in [0.05, 0.1) is 12.6 Å². The van der Waals surface area contributed by atoms with Crippen molar-refractivity contribution in [2.45, 2.75) is 6.54 Å². The Bertz CT molecular complexity index is 847. The van der Waals surface area contributed by atoms with Crippen LogP contribution in [0.1, 0.15) is 16.1 Å². The van der Waals surface area contributed by atoms with E-state index in [2.05, 4.69) is 10.3 Å². The summed E-state index contributed by atoms with van der Waals surface area (Å²) in [7, 11) is 1.60. The number of fused-ring (bicyclic) bond motifs is 1. The number of hydrogen-bond acceptors (Lipinski definition) is 3. The summed E-state index contributed by atoms with van der Waals surface area (Å²) in [5, 5.41) is 3.68. The molecule has 1 aromatic heterocycles. The topological polar surface area (TPSA) is 51.2 Å². The molecule has 0 radical (unpaired) electrons. The number of nitrogens with one attached hydrogen (secondary N) is 1. The number of carbonyl (C=O) groups excluding carboxylic acids is 1. The summed E-state index contributed by atoms with van der Waals surface area (Å²) in [4.78, 5) is 16.5. The Kier molecular flexibility index (Phi) is 4.19. The summed E-state index contributed by atoms with van der Waals surface area (Å²) in [6.07, 6.45) is 0. The fourth-order valence-corrected chi connectivity index (χ4v) is 2.23. The van der Waals surface area contributed by atoms with Gasteiger partial charge in [-0.05, 0) is 42.0 Å². The minimum Gasteiger partial charge on any atom is -0.497 e. The van der Waals surface area contributed by atoms with Crippen LogP contribution in [0.25, 0.3) is 10.9 Å². The maximum absolute atomic E-state index is 12.8. The van der Waals surface area contributed by atoms with Crippen molar-refractivity contribution in [2.75, 3.05) is 7.11 Å². The van der Waals surface area contributed by atoms with Gasteiger partial charge in [0.25, 0.3) is 5.91 Å². The lowest BCUT2D eigenvalue weighted by Crippen LogP contribution is -2.23. The molecule has 0 fully saturated rings. The highest BCUT2D eigenvalue weighted by Gasteiger charge is 2.08. The first-order valence-corrected chi connectivity index (χ1v) is 7.13. The minimum atomic E-state index is -0.299. The lowest BCUT2D eigenvalue weighted by Gasteiger charge is -2.07. The second kappa shape index (κ2) is 6.44. The maximum atomic E-state index is 12.8. The molecule has 0 saturated heterocycles. The normalized spacial score (nSPS) is 10.5. The molecular weight excluding hydrogens is 295 g/mol. The molecule has 2 aromatic carbocycles. The van der Waals surface area contributed by atoms with E-state index in [0.717, 1.165) is 22.2 Å². The molecule has 0 aliphatic heterocycles. The Balaban J connectivity index is 1.74. The zero-order chi connectivity index (χ0) is 16.2. The van der Waals surface area contributed by atoms with Gasteiger partial charge < -0.3 is 10.1 Å². The standard InChI is InChI=1S/C18H15FN2O2/c1-23-15-7-9-16-13(10-15)4-8-17(21-16)18(22)20-11-12-2-5-14(19)6-3-12/h2-10H,11H2,1H3,(H,20,22). The van der Waals surface area contributed by atoms with Crippen molar-refractivity contribution in [3.63, 3.8) is 0 Å². The van der Waals surface area contributed by atoms with Crippen LogP contribution in [0, 0.1) is 5.82 Å². The number of aromatic nitrogens is 1. The van der Waals surface area contributed by atoms with E-state index in [1.807, 2.05) is 18.2 Å². The largest absolute Gasteiger partial charge is 0.497 e. The van der Waals surface area contributed by atoms with Crippen LogP contribution in [-0.4, -0.2) is 18.0 Å². The van der Waals surface area contributed by atoms with Gasteiger partial charge in [-0.15, -0.1) is 0 Å². The SMILES string of the molecule is COc1ccc2nc(C(=O)NCc3ccc(F)cc3)ccc2c1. The van der Waals surface area contributed by atoms with Gasteiger partial charge in [-0.3, -0.25) is 4.79 Å². The minimum absolute atomic E-state index is 0.271. The molecule has 1 amide bonds. The van der Waals surface area contributed by atoms with E-state index in [1.54, 1.807) is 31.4 Å². The van der Waals surface area contributed by atoms with Crippen molar-refractivity contribution >= 4 is 16.8 Å². The van der Waals surface area contributed by atoms with E-state index in [-0.39, 0.29) is 11.7 Å². The molecule has 0 atom stereocenters. The molecule has 3 aromatic rings. The number of benzene rings is 2. The Hall–Kier alpha value is -2.95. The fraction of sp³-hybridized carbons (Fsp3) is 0.111. The molecule has 0 aliphatic carbocycles. The van der Waals surface area contributed by atoms with Crippen molar-refractivity contribution in [1.82, 2.24) is 10.3 Å². The third kappa shape index (κ3) is 3.45. The summed E-state index contributed by atoms with van der Waals surface area (Å²) < 4.78 is 18.0. The van der Waals surface area contributed by atoms with Crippen LogP contribution in [0.5, 0.6) is 5.75 Å². The third-order valence-corrected chi connectivity index (χ3v) is 3.50. The van der Waals surface area contributed by atoms with Crippen molar-refractivity contribution < 1.29 is 13.9 Å². The van der Waals surface area contributed by atoms with E-state index >= 15 is 0 Å². The number of carbonyl (C=O) groups is 1. The Morgan fingerprint density at radius 2 is 1.91 bits per heavy atom. The first-order valence-electron chi connectivity index (χ1n) is 7.13. The first kappa shape index (κ1) is 15.0. The number of nitrogens with zero attached hydrogens (tertiary/aromatic N) is 1. The summed E-state index contributed by atoms with van der Waals surface area (Å²) in [6, 6.07) is 15.0. The van der Waals surface area contributed by atoms with Gasteiger partial charge in [0.15, 0.2) is 0 Å². The van der Waals surface area contributed by atoms with Gasteiger partial charge in [0.2, 0.25) is 0 Å². The van der Waals surface area contributed by atoms with Crippen LogP contribution >= 0.6 is 0 Å². The van der Waals surface area contributed by atoms with E-state index < -0.39 is 0 Å². The zero-order valence-corrected chi connectivity index (χ0v) is 12.5. The Morgan fingerprint density at radius 1 is 1.13 bits per heavy atom. The molecule has 23 heavy (non-hydrogen) atoms. The van der Waals surface area contributed by atoms with Crippen LogP contribution in [0.15, 0.2) is 54.6 Å². The van der Waals surface area contributed by atoms with E-state index in [0.29, 0.717) is 12.2 Å². The lowest BCUT2D eigenvalue weighted by atomic mass is 10.2. The Morgan fingerprint density at radius 3 is 2.65 bits per heavy atom. The summed E-state index contributed by atoms with van der Waals surface area (Å²) in [5.41, 5.74) is 1.88. The molecule has 0 unspecified atom stereocenters. The molecule has 116 valence electrons. The van der Waals surface area contributed by atoms with Crippen LogP contribution in [0.2, 0.25) is 0 Å². The first-order chi connectivity index (χ1) is 11.2. The van der Waals surface area contributed by atoms with Crippen molar-refractivity contribution in [2.24, 2.45) is 0 Å². The van der Waals surface area contributed by atoms with Crippen molar-refractivity contribution in [1.29, 1.82) is 0 Å². The molecule has 5 heteroatoms. The van der Waals surface area contributed by atoms with Gasteiger partial charge in [-0.25, -0.2) is 9.37 Å². The van der Waals surface area contributed by atoms with Crippen LogP contribution in [-0.2, 0) is 6.54 Å². The fourth-order valence-electron chi connectivity index (χ4n) is 2.23. The number of ether oxygens (including phenoxy) is 1. The molecular formula is C18H15FN2O2. The highest BCUT2D eigenvalue weighted by molar-refractivity contribution is 5.95. The number of halogens is 1. The van der Waals surface area contributed by atoms with Gasteiger partial charge in [0.1, 0.15) is 17.3 Å². The zero-order valence-electron chi connectivity index (χ0n) is 12.5.